The summed E-state index contributed by atoms with van der Waals surface area (Å²) in [7, 11) is 0. The Kier molecular flexibility index (Phi) is 6.91. The molecule has 0 heteroatoms. The molecule has 0 saturated carbocycles. The minimum absolute atomic E-state index is 0.0492. The van der Waals surface area contributed by atoms with Crippen LogP contribution in [0.25, 0.3) is 76.8 Å². The Labute approximate surface area is 321 Å². The van der Waals surface area contributed by atoms with Crippen molar-refractivity contribution >= 4 is 32.3 Å². The van der Waals surface area contributed by atoms with Gasteiger partial charge in [-0.2, -0.15) is 0 Å². The number of hydrogen-bond donors (Lipinski definition) is 0. The van der Waals surface area contributed by atoms with Gasteiger partial charge in [0, 0.05) is 10.8 Å². The lowest BCUT2D eigenvalue weighted by Gasteiger charge is -2.25. The van der Waals surface area contributed by atoms with Crippen LogP contribution in [0.5, 0.6) is 0 Å². The Morgan fingerprint density at radius 2 is 0.889 bits per heavy atom. The molecule has 266 valence electrons. The van der Waals surface area contributed by atoms with E-state index in [0.717, 1.165) is 6.42 Å². The van der Waals surface area contributed by atoms with Crippen molar-refractivity contribution in [2.75, 3.05) is 0 Å². The molecule has 0 nitrogen and oxygen atoms in total. The summed E-state index contributed by atoms with van der Waals surface area (Å²) in [6.45, 7) is 21.2. The van der Waals surface area contributed by atoms with E-state index in [1.807, 2.05) is 0 Å². The molecular weight excluding hydrogens is 649 g/mol. The van der Waals surface area contributed by atoms with Gasteiger partial charge in [-0.25, -0.2) is 0 Å². The van der Waals surface area contributed by atoms with Gasteiger partial charge in [-0.15, -0.1) is 0 Å². The van der Waals surface area contributed by atoms with Gasteiger partial charge in [0.2, 0.25) is 0 Å². The molecule has 54 heavy (non-hydrogen) atoms. The van der Waals surface area contributed by atoms with Crippen molar-refractivity contribution < 1.29 is 0 Å². The summed E-state index contributed by atoms with van der Waals surface area (Å²) in [5.74, 6) is 0.638. The molecule has 8 aromatic rings. The van der Waals surface area contributed by atoms with E-state index in [4.69, 9.17) is 0 Å². The van der Waals surface area contributed by atoms with E-state index in [9.17, 15) is 0 Å². The highest BCUT2D eigenvalue weighted by molar-refractivity contribution is 6.25. The summed E-state index contributed by atoms with van der Waals surface area (Å²) < 4.78 is 0. The van der Waals surface area contributed by atoms with Gasteiger partial charge >= 0.3 is 0 Å². The van der Waals surface area contributed by atoms with Crippen LogP contribution in [0.2, 0.25) is 0 Å². The van der Waals surface area contributed by atoms with Gasteiger partial charge in [0.05, 0.1) is 0 Å². The monoisotopic (exact) mass is 698 g/mol. The molecule has 0 N–H and O–H groups in total. The first-order valence-corrected chi connectivity index (χ1v) is 20.0. The molecule has 0 aromatic heterocycles. The average Bonchev–Trinajstić information content (AvgIpc) is 3.51. The van der Waals surface area contributed by atoms with Gasteiger partial charge in [0.15, 0.2) is 0 Å². The lowest BCUT2D eigenvalue weighted by Crippen LogP contribution is -2.17. The minimum atomic E-state index is -0.122. The van der Waals surface area contributed by atoms with Gasteiger partial charge in [-0.05, 0) is 146 Å². The van der Waals surface area contributed by atoms with Crippen LogP contribution in [-0.2, 0) is 22.7 Å². The van der Waals surface area contributed by atoms with Crippen molar-refractivity contribution in [3.63, 3.8) is 0 Å². The van der Waals surface area contributed by atoms with Crippen molar-refractivity contribution in [2.24, 2.45) is 5.92 Å². The Morgan fingerprint density at radius 1 is 0.444 bits per heavy atom. The molecule has 0 bridgehead atoms. The Bertz CT molecular complexity index is 2830. The maximum absolute atomic E-state index is 2.49. The van der Waals surface area contributed by atoms with Crippen LogP contribution in [0.1, 0.15) is 95.7 Å². The largest absolute Gasteiger partial charge is 0.0625 e. The predicted octanol–water partition coefficient (Wildman–Crippen LogP) is 15.0. The third-order valence-electron chi connectivity index (χ3n) is 13.2. The normalized spacial score (nSPS) is 15.3. The van der Waals surface area contributed by atoms with Crippen molar-refractivity contribution in [1.82, 2.24) is 0 Å². The zero-order valence-corrected chi connectivity index (χ0v) is 33.3. The van der Waals surface area contributed by atoms with E-state index in [1.54, 1.807) is 0 Å². The third kappa shape index (κ3) is 4.75. The highest BCUT2D eigenvalue weighted by Gasteiger charge is 2.38. The lowest BCUT2D eigenvalue weighted by molar-refractivity contribution is 0.584. The SMILES string of the molecule is CC(C)Cc1cc2ccc3ccc(-c4ccc5c(c4)C(C)(C)c4cc(-c6ccc7c(c6)C(C)(C)c6cc(C(C)(C)C)ccc6-7)ccc4-5)c4ccc(c1)c2c34. The molecule has 0 spiro atoms. The highest BCUT2D eigenvalue weighted by Crippen LogP contribution is 2.53. The molecular formula is C54H50. The molecule has 2 aliphatic carbocycles. The fourth-order valence-corrected chi connectivity index (χ4v) is 10.2. The molecule has 10 rings (SSSR count). The molecule has 0 amide bonds. The van der Waals surface area contributed by atoms with Crippen LogP contribution in [0.15, 0.2) is 121 Å². The topological polar surface area (TPSA) is 0 Å². The Balaban J connectivity index is 1.03. The van der Waals surface area contributed by atoms with Gasteiger partial charge in [-0.1, -0.05) is 165 Å². The summed E-state index contributed by atoms with van der Waals surface area (Å²) in [6, 6.07) is 47.7. The first kappa shape index (κ1) is 33.4. The summed E-state index contributed by atoms with van der Waals surface area (Å²) in [6.07, 6.45) is 1.11. The van der Waals surface area contributed by atoms with Crippen LogP contribution in [0.3, 0.4) is 0 Å². The summed E-state index contributed by atoms with van der Waals surface area (Å²) in [5, 5.41) is 8.15. The van der Waals surface area contributed by atoms with E-state index in [1.165, 1.54) is 110 Å². The van der Waals surface area contributed by atoms with Crippen molar-refractivity contribution in [1.29, 1.82) is 0 Å². The van der Waals surface area contributed by atoms with Gasteiger partial charge in [0.1, 0.15) is 0 Å². The first-order valence-electron chi connectivity index (χ1n) is 20.0. The van der Waals surface area contributed by atoms with Crippen LogP contribution >= 0.6 is 0 Å². The number of rotatable bonds is 4. The molecule has 0 unspecified atom stereocenters. The third-order valence-corrected chi connectivity index (χ3v) is 13.2. The molecule has 0 heterocycles. The second kappa shape index (κ2) is 11.2. The fourth-order valence-electron chi connectivity index (χ4n) is 10.2. The van der Waals surface area contributed by atoms with E-state index in [-0.39, 0.29) is 16.2 Å². The standard InChI is InChI=1S/C54H50/c1-31(2)24-32-25-37-11-10-33-12-18-40(45-22-16-38(26-32)50(37)51(33)45)36-15-21-43-41-19-13-34(27-46(41)53(6,7)48(43)29-36)35-14-20-42-44-23-17-39(52(3,4)5)30-49(44)54(8,9)47(42)28-35/h10-23,25-31H,24H2,1-9H3. The molecule has 0 aliphatic heterocycles. The molecule has 8 aromatic carbocycles. The number of fused-ring (bicyclic) bond motifs is 6. The average molecular weight is 699 g/mol. The van der Waals surface area contributed by atoms with E-state index in [0.29, 0.717) is 5.92 Å². The van der Waals surface area contributed by atoms with Crippen molar-refractivity contribution in [3.8, 4) is 44.5 Å². The summed E-state index contributed by atoms with van der Waals surface area (Å²) in [4.78, 5) is 0. The molecule has 0 radical (unpaired) electrons. The van der Waals surface area contributed by atoms with E-state index < -0.39 is 0 Å². The fraction of sp³-hybridized carbons (Fsp3) is 0.259. The van der Waals surface area contributed by atoms with Crippen LogP contribution < -0.4 is 0 Å². The van der Waals surface area contributed by atoms with E-state index >= 15 is 0 Å². The number of benzene rings is 8. The van der Waals surface area contributed by atoms with Gasteiger partial charge in [0.25, 0.3) is 0 Å². The molecule has 0 atom stereocenters. The quantitative estimate of drug-likeness (QED) is 0.161. The maximum atomic E-state index is 2.49. The van der Waals surface area contributed by atoms with Crippen molar-refractivity contribution in [3.05, 3.63) is 155 Å². The molecule has 2 aliphatic rings. The smallest absolute Gasteiger partial charge is 0.0159 e. The van der Waals surface area contributed by atoms with Gasteiger partial charge in [-0.3, -0.25) is 0 Å². The maximum Gasteiger partial charge on any atom is 0.0159 e. The summed E-state index contributed by atoms with van der Waals surface area (Å²) >= 11 is 0. The van der Waals surface area contributed by atoms with Gasteiger partial charge < -0.3 is 0 Å². The zero-order chi connectivity index (χ0) is 37.5. The molecule has 0 fully saturated rings. The van der Waals surface area contributed by atoms with Crippen LogP contribution in [0.4, 0.5) is 0 Å². The minimum Gasteiger partial charge on any atom is -0.0625 e. The first-order chi connectivity index (χ1) is 25.7. The summed E-state index contributed by atoms with van der Waals surface area (Å²) in [5.41, 5.74) is 19.2. The van der Waals surface area contributed by atoms with Crippen molar-refractivity contribution in [2.45, 2.75) is 85.0 Å². The number of hydrogen-bond acceptors (Lipinski definition) is 0. The zero-order valence-electron chi connectivity index (χ0n) is 33.3. The van der Waals surface area contributed by atoms with Crippen LogP contribution in [0, 0.1) is 5.92 Å². The Morgan fingerprint density at radius 3 is 1.44 bits per heavy atom. The second-order valence-corrected chi connectivity index (χ2v) is 18.9. The van der Waals surface area contributed by atoms with Crippen LogP contribution in [-0.4, -0.2) is 0 Å². The van der Waals surface area contributed by atoms with E-state index in [2.05, 4.69) is 184 Å². The predicted molar refractivity (Wildman–Crippen MR) is 233 cm³/mol. The Hall–Kier alpha value is -5.20. The molecule has 0 saturated heterocycles. The second-order valence-electron chi connectivity index (χ2n) is 18.9. The highest BCUT2D eigenvalue weighted by atomic mass is 14.4. The lowest BCUT2D eigenvalue weighted by atomic mass is 9.78.